The quantitative estimate of drug-likeness (QED) is 0.442. The molecule has 3 radical (unpaired) electrons. The predicted molar refractivity (Wildman–Crippen MR) is 29.0 cm³/mol. The summed E-state index contributed by atoms with van der Waals surface area (Å²) in [7, 11) is 2.22. The van der Waals surface area contributed by atoms with Crippen LogP contribution in [0.25, 0.3) is 0 Å². The molecule has 0 aromatic heterocycles. The Morgan fingerprint density at radius 2 is 2.33 bits per heavy atom. The standard InChI is InChI=1S/C3H5OSSi/c1-5(4)2-3-6/h2-3H,1H3/b3-2+. The Bertz CT molecular complexity index is 78.9. The molecule has 0 bridgehead atoms. The summed E-state index contributed by atoms with van der Waals surface area (Å²) in [4.78, 5) is 0. The average Bonchev–Trinajstić information content (AvgIpc) is 1.35. The highest BCUT2D eigenvalue weighted by Gasteiger charge is 1.69. The molecular formula is C3H5OSSi. The first-order chi connectivity index (χ1) is 2.77. The molecule has 1 unspecified atom stereocenters. The Morgan fingerprint density at radius 1 is 1.83 bits per heavy atom. The van der Waals surface area contributed by atoms with Gasteiger partial charge in [-0.05, 0) is 5.41 Å². The van der Waals surface area contributed by atoms with Crippen molar-refractivity contribution in [3.05, 3.63) is 11.1 Å². The fourth-order valence-electron chi connectivity index (χ4n) is 0.0958. The molecule has 0 aliphatic rings. The van der Waals surface area contributed by atoms with Gasteiger partial charge < -0.3 is 0 Å². The van der Waals surface area contributed by atoms with Crippen LogP contribution in [-0.2, 0) is 10.8 Å². The van der Waals surface area contributed by atoms with Crippen molar-refractivity contribution in [2.45, 2.75) is 0 Å². The lowest BCUT2D eigenvalue weighted by Crippen LogP contribution is -1.72. The summed E-state index contributed by atoms with van der Waals surface area (Å²) in [5.74, 6) is 0. The molecule has 0 amide bonds. The van der Waals surface area contributed by atoms with Gasteiger partial charge in [0.2, 0.25) is 0 Å². The maximum Gasteiger partial charge on any atom is 0.0609 e. The van der Waals surface area contributed by atoms with Gasteiger partial charge >= 0.3 is 0 Å². The molecule has 0 N–H and O–H groups in total. The van der Waals surface area contributed by atoms with Crippen LogP contribution in [-0.4, -0.2) is 20.7 Å². The van der Waals surface area contributed by atoms with E-state index in [1.165, 1.54) is 0 Å². The normalized spacial score (nSPS) is 15.7. The summed E-state index contributed by atoms with van der Waals surface area (Å²) in [6.45, 7) is 0. The molecule has 0 saturated heterocycles. The molecule has 3 heteroatoms. The van der Waals surface area contributed by atoms with Gasteiger partial charge in [0.1, 0.15) is 0 Å². The monoisotopic (exact) mass is 117 g/mol. The molecule has 0 aromatic rings. The smallest absolute Gasteiger partial charge is 0.0609 e. The summed E-state index contributed by atoms with van der Waals surface area (Å²) in [6.07, 6.45) is 1.61. The predicted octanol–water partition coefficient (Wildman–Crippen LogP) is 0.00460. The minimum Gasteiger partial charge on any atom is -0.255 e. The third kappa shape index (κ3) is 4.11. The van der Waals surface area contributed by atoms with E-state index < -0.39 is 10.8 Å². The molecule has 0 heterocycles. The number of hydrogen-bond acceptors (Lipinski definition) is 1. The highest BCUT2D eigenvalue weighted by Crippen LogP contribution is 1.70. The number of hydrogen-bond donors (Lipinski definition) is 0. The van der Waals surface area contributed by atoms with Crippen molar-refractivity contribution in [2.24, 2.45) is 0 Å². The van der Waals surface area contributed by atoms with Crippen LogP contribution in [0.2, 0.25) is 0 Å². The molecule has 0 aromatic carbocycles. The summed E-state index contributed by atoms with van der Waals surface area (Å²) in [6, 6.07) is 0. The van der Waals surface area contributed by atoms with Crippen molar-refractivity contribution in [1.29, 1.82) is 0 Å². The van der Waals surface area contributed by atoms with E-state index in [1.807, 2.05) is 0 Å². The average molecular weight is 117 g/mol. The second kappa shape index (κ2) is 3.30. The van der Waals surface area contributed by atoms with Crippen molar-refractivity contribution in [1.82, 2.24) is 0 Å². The van der Waals surface area contributed by atoms with Gasteiger partial charge in [-0.3, -0.25) is 4.21 Å². The molecular weight excluding hydrogens is 112 g/mol. The zero-order chi connectivity index (χ0) is 4.99. The van der Waals surface area contributed by atoms with Crippen molar-refractivity contribution >= 4 is 21.0 Å². The van der Waals surface area contributed by atoms with E-state index >= 15 is 0 Å². The topological polar surface area (TPSA) is 17.1 Å². The lowest BCUT2D eigenvalue weighted by molar-refractivity contribution is 0.692. The maximum absolute atomic E-state index is 10.0. The maximum atomic E-state index is 10.0. The molecule has 33 valence electrons. The van der Waals surface area contributed by atoms with E-state index in [1.54, 1.807) is 17.4 Å². The van der Waals surface area contributed by atoms with Gasteiger partial charge in [0.15, 0.2) is 0 Å². The summed E-state index contributed by atoms with van der Waals surface area (Å²) < 4.78 is 10.0. The van der Waals surface area contributed by atoms with Gasteiger partial charge in [-0.15, -0.1) is 0 Å². The highest BCUT2D eigenvalue weighted by atomic mass is 32.2. The van der Waals surface area contributed by atoms with Crippen molar-refractivity contribution in [3.8, 4) is 0 Å². The molecule has 1 nitrogen and oxygen atoms in total. The molecule has 0 fully saturated rings. The Balaban J connectivity index is 3.30. The Hall–Kier alpha value is 0.107. The molecule has 0 saturated carbocycles. The molecule has 1 atom stereocenters. The van der Waals surface area contributed by atoms with Gasteiger partial charge in [0, 0.05) is 17.1 Å². The summed E-state index contributed by atoms with van der Waals surface area (Å²) in [5, 5.41) is 1.55. The van der Waals surface area contributed by atoms with Crippen LogP contribution >= 0.6 is 0 Å². The Labute approximate surface area is 43.3 Å². The molecule has 6 heavy (non-hydrogen) atoms. The highest BCUT2D eigenvalue weighted by molar-refractivity contribution is 7.87. The fourth-order valence-corrected chi connectivity index (χ4v) is 0.862. The minimum absolute atomic E-state index is 0.795. The third-order valence-corrected chi connectivity index (χ3v) is 1.19. The van der Waals surface area contributed by atoms with Crippen LogP contribution in [0.15, 0.2) is 11.1 Å². The summed E-state index contributed by atoms with van der Waals surface area (Å²) >= 11 is 0. The van der Waals surface area contributed by atoms with Gasteiger partial charge in [-0.25, -0.2) is 0 Å². The zero-order valence-electron chi connectivity index (χ0n) is 3.47. The SMILES string of the molecule is CS(=O)/C=C/[Si]. The van der Waals surface area contributed by atoms with Crippen LogP contribution in [0, 0.1) is 0 Å². The second-order valence-corrected chi connectivity index (χ2v) is 2.40. The van der Waals surface area contributed by atoms with E-state index in [-0.39, 0.29) is 0 Å². The van der Waals surface area contributed by atoms with E-state index in [0.29, 0.717) is 0 Å². The lowest BCUT2D eigenvalue weighted by Gasteiger charge is -1.70. The van der Waals surface area contributed by atoms with Gasteiger partial charge in [-0.2, -0.15) is 0 Å². The minimum atomic E-state index is -0.795. The first kappa shape index (κ1) is 6.11. The lowest BCUT2D eigenvalue weighted by atomic mass is 11.2. The van der Waals surface area contributed by atoms with Gasteiger partial charge in [0.25, 0.3) is 0 Å². The van der Waals surface area contributed by atoms with E-state index in [0.717, 1.165) is 0 Å². The largest absolute Gasteiger partial charge is 0.255 e. The molecule has 0 spiro atoms. The second-order valence-electron chi connectivity index (χ2n) is 0.801. The van der Waals surface area contributed by atoms with E-state index in [4.69, 9.17) is 0 Å². The van der Waals surface area contributed by atoms with Crippen LogP contribution in [0.4, 0.5) is 0 Å². The van der Waals surface area contributed by atoms with Crippen molar-refractivity contribution in [2.75, 3.05) is 6.26 Å². The fraction of sp³-hybridized carbons (Fsp3) is 0.333. The molecule has 0 aliphatic heterocycles. The van der Waals surface area contributed by atoms with Crippen LogP contribution in [0.3, 0.4) is 0 Å². The number of rotatable bonds is 1. The van der Waals surface area contributed by atoms with Crippen molar-refractivity contribution < 1.29 is 4.21 Å². The molecule has 0 aliphatic carbocycles. The van der Waals surface area contributed by atoms with E-state index in [9.17, 15) is 4.21 Å². The third-order valence-electron chi connectivity index (χ3n) is 0.260. The first-order valence-corrected chi connectivity index (χ1v) is 3.63. The Kier molecular flexibility index (Phi) is 3.36. The van der Waals surface area contributed by atoms with E-state index in [2.05, 4.69) is 10.2 Å². The van der Waals surface area contributed by atoms with Gasteiger partial charge in [-0.1, -0.05) is 5.70 Å². The van der Waals surface area contributed by atoms with Gasteiger partial charge in [0.05, 0.1) is 10.2 Å². The molecule has 0 rings (SSSR count). The van der Waals surface area contributed by atoms with Crippen molar-refractivity contribution in [3.63, 3.8) is 0 Å². The van der Waals surface area contributed by atoms with Crippen LogP contribution in [0.5, 0.6) is 0 Å². The summed E-state index contributed by atoms with van der Waals surface area (Å²) in [5.41, 5.74) is 1.58. The van der Waals surface area contributed by atoms with Crippen LogP contribution < -0.4 is 0 Å². The van der Waals surface area contributed by atoms with Crippen LogP contribution in [0.1, 0.15) is 0 Å². The Morgan fingerprint density at radius 3 is 2.33 bits per heavy atom. The first-order valence-electron chi connectivity index (χ1n) is 1.43. The zero-order valence-corrected chi connectivity index (χ0v) is 5.29.